The lowest BCUT2D eigenvalue weighted by Crippen LogP contribution is -2.83. The maximum atomic E-state index is 14.8. The molecule has 1 aliphatic heterocycles. The van der Waals surface area contributed by atoms with Crippen molar-refractivity contribution in [2.24, 2.45) is 0 Å². The smallest absolute Gasteiger partial charge is 0.356 e. The highest BCUT2D eigenvalue weighted by Gasteiger charge is 2.66. The molecule has 1 heterocycles. The summed E-state index contributed by atoms with van der Waals surface area (Å²) in [5.41, 5.74) is -1.40. The van der Waals surface area contributed by atoms with Gasteiger partial charge < -0.3 is 24.3 Å². The Bertz CT molecular complexity index is 1910. The molecule has 1 N–H and O–H groups in total. The van der Waals surface area contributed by atoms with Crippen molar-refractivity contribution in [3.63, 3.8) is 0 Å². The second-order valence-electron chi connectivity index (χ2n) is 11.4. The molecule has 0 aliphatic carbocycles. The van der Waals surface area contributed by atoms with Crippen molar-refractivity contribution in [3.8, 4) is 5.75 Å². The van der Waals surface area contributed by atoms with Gasteiger partial charge in [0.1, 0.15) is 30.1 Å². The lowest BCUT2D eigenvalue weighted by Gasteiger charge is -2.53. The molecule has 0 bridgehead atoms. The second kappa shape index (κ2) is 15.2. The van der Waals surface area contributed by atoms with Crippen LogP contribution in [0.25, 0.3) is 0 Å². The third-order valence-corrected chi connectivity index (χ3v) is 12.7. The first-order valence-corrected chi connectivity index (χ1v) is 17.7. The van der Waals surface area contributed by atoms with E-state index in [2.05, 4.69) is 5.32 Å². The van der Waals surface area contributed by atoms with Gasteiger partial charge in [-0.15, -0.1) is 0 Å². The van der Waals surface area contributed by atoms with Gasteiger partial charge in [-0.1, -0.05) is 140 Å². The number of β-lactam (4-membered cyclic amide) rings is 1. The Kier molecular flexibility index (Phi) is 10.4. The van der Waals surface area contributed by atoms with E-state index >= 15 is 0 Å². The summed E-state index contributed by atoms with van der Waals surface area (Å²) in [6.07, 6.45) is 0.503. The van der Waals surface area contributed by atoms with Crippen LogP contribution in [-0.2, 0) is 35.3 Å². The number of esters is 1. The van der Waals surface area contributed by atoms with Gasteiger partial charge in [0.15, 0.2) is 6.61 Å². The Morgan fingerprint density at radius 2 is 1.20 bits per heavy atom. The molecule has 0 radical (unpaired) electrons. The molecule has 9 nitrogen and oxygen atoms in total. The molecular formula is C40H35N2O7P. The zero-order valence-corrected chi connectivity index (χ0v) is 28.1. The molecule has 1 aliphatic rings. The van der Waals surface area contributed by atoms with Crippen LogP contribution < -0.4 is 26.0 Å². The summed E-state index contributed by atoms with van der Waals surface area (Å²) in [7, 11) is 1.23. The highest BCUT2D eigenvalue weighted by atomic mass is 31.2. The SMILES string of the molecule is CO[C@@]1(NC(=O)COc2ccccc2)C(=O)N(C(C(=O)OCc2ccccc2)=P(c2ccccc2)(c2ccccc2)c2ccccc2)[C@@H]1C=O. The van der Waals surface area contributed by atoms with Crippen LogP contribution in [0.4, 0.5) is 0 Å². The number of nitrogens with zero attached hydrogens (tertiary/aromatic N) is 1. The second-order valence-corrected chi connectivity index (χ2v) is 14.7. The van der Waals surface area contributed by atoms with E-state index < -0.39 is 43.0 Å². The minimum atomic E-state index is -3.31. The summed E-state index contributed by atoms with van der Waals surface area (Å²) < 4.78 is 17.3. The Labute approximate surface area is 290 Å². The van der Waals surface area contributed by atoms with Gasteiger partial charge in [0.05, 0.1) is 0 Å². The standard InChI is InChI=1S/C40H35N2O7P/c1-47-40(41-36(44)29-48-31-19-9-3-10-20-31)35(27-43)42(39(40)46)37(38(45)49-28-30-17-7-2-8-18-30)50(32-21-11-4-12-22-32,33-23-13-5-14-24-33)34-25-15-6-16-26-34/h2-27,35H,28-29H2,1H3,(H,41,44)/t35-,40-/m1/s1. The van der Waals surface area contributed by atoms with Gasteiger partial charge >= 0.3 is 5.97 Å². The van der Waals surface area contributed by atoms with Crippen molar-refractivity contribution in [2.75, 3.05) is 13.7 Å². The average molecular weight is 687 g/mol. The lowest BCUT2D eigenvalue weighted by atomic mass is 9.90. The van der Waals surface area contributed by atoms with Crippen LogP contribution in [0.5, 0.6) is 5.75 Å². The van der Waals surface area contributed by atoms with Crippen molar-refractivity contribution in [1.29, 1.82) is 0 Å². The largest absolute Gasteiger partial charge is 0.484 e. The summed E-state index contributed by atoms with van der Waals surface area (Å²) in [5, 5.41) is 4.83. The number of amides is 2. The molecular weight excluding hydrogens is 651 g/mol. The number of hydrogen-bond donors (Lipinski definition) is 1. The number of ether oxygens (including phenoxy) is 3. The Morgan fingerprint density at radius 3 is 1.66 bits per heavy atom. The van der Waals surface area contributed by atoms with Gasteiger partial charge in [-0.3, -0.25) is 14.5 Å². The van der Waals surface area contributed by atoms with Crippen LogP contribution in [0.1, 0.15) is 5.56 Å². The summed E-state index contributed by atoms with van der Waals surface area (Å²) in [5.74, 6) is -1.84. The minimum absolute atomic E-state index is 0.0263. The summed E-state index contributed by atoms with van der Waals surface area (Å²) in [6.45, 7) is -3.84. The maximum Gasteiger partial charge on any atom is 0.356 e. The number of hydrogen-bond acceptors (Lipinski definition) is 7. The first-order valence-electron chi connectivity index (χ1n) is 15.9. The fourth-order valence-electron chi connectivity index (χ4n) is 6.18. The predicted octanol–water partition coefficient (Wildman–Crippen LogP) is 3.80. The molecule has 252 valence electrons. The first-order chi connectivity index (χ1) is 24.5. The van der Waals surface area contributed by atoms with Gasteiger partial charge in [-0.25, -0.2) is 4.79 Å². The molecule has 10 heteroatoms. The van der Waals surface area contributed by atoms with Crippen LogP contribution in [0.15, 0.2) is 152 Å². The molecule has 0 spiro atoms. The van der Waals surface area contributed by atoms with Gasteiger partial charge in [0.2, 0.25) is 5.72 Å². The monoisotopic (exact) mass is 686 g/mol. The quantitative estimate of drug-likeness (QED) is 0.0660. The molecule has 5 aromatic rings. The van der Waals surface area contributed by atoms with Gasteiger partial charge in [-0.05, 0) is 33.6 Å². The van der Waals surface area contributed by atoms with Gasteiger partial charge in [-0.2, -0.15) is 0 Å². The van der Waals surface area contributed by atoms with Crippen LogP contribution in [0.2, 0.25) is 0 Å². The number of methoxy groups -OCH3 is 1. The average Bonchev–Trinajstić information content (AvgIpc) is 3.18. The number of benzene rings is 5. The lowest BCUT2D eigenvalue weighted by molar-refractivity contribution is -0.196. The van der Waals surface area contributed by atoms with E-state index in [0.717, 1.165) is 26.4 Å². The van der Waals surface area contributed by atoms with Crippen molar-refractivity contribution in [1.82, 2.24) is 10.2 Å². The fourth-order valence-corrected chi connectivity index (χ4v) is 10.5. The van der Waals surface area contributed by atoms with Crippen molar-refractivity contribution >= 4 is 52.3 Å². The molecule has 0 unspecified atom stereocenters. The van der Waals surface area contributed by atoms with E-state index in [1.54, 1.807) is 24.3 Å². The zero-order valence-electron chi connectivity index (χ0n) is 27.3. The van der Waals surface area contributed by atoms with E-state index in [4.69, 9.17) is 14.2 Å². The van der Waals surface area contributed by atoms with E-state index in [-0.39, 0.29) is 12.0 Å². The number of para-hydroxylation sites is 1. The Balaban J connectivity index is 1.55. The first kappa shape index (κ1) is 34.1. The van der Waals surface area contributed by atoms with E-state index in [0.29, 0.717) is 12.0 Å². The third-order valence-electron chi connectivity index (χ3n) is 8.49. The summed E-state index contributed by atoms with van der Waals surface area (Å²) in [4.78, 5) is 56.9. The summed E-state index contributed by atoms with van der Waals surface area (Å²) >= 11 is 0. The fraction of sp³-hybridized carbons (Fsp3) is 0.125. The maximum absolute atomic E-state index is 14.8. The van der Waals surface area contributed by atoms with Crippen molar-refractivity contribution in [3.05, 3.63) is 157 Å². The van der Waals surface area contributed by atoms with Crippen molar-refractivity contribution in [2.45, 2.75) is 18.4 Å². The highest BCUT2D eigenvalue weighted by Crippen LogP contribution is 2.49. The molecule has 1 fully saturated rings. The predicted molar refractivity (Wildman–Crippen MR) is 193 cm³/mol. The molecule has 5 aromatic carbocycles. The van der Waals surface area contributed by atoms with Crippen LogP contribution >= 0.6 is 6.89 Å². The molecule has 1 saturated heterocycles. The van der Waals surface area contributed by atoms with Crippen molar-refractivity contribution < 1.29 is 33.4 Å². The molecule has 0 saturated carbocycles. The number of rotatable bonds is 13. The molecule has 0 aromatic heterocycles. The number of carbonyl (C=O) groups is 4. The number of likely N-dealkylation sites (tertiary alicyclic amines) is 1. The van der Waals surface area contributed by atoms with Crippen LogP contribution in [-0.4, -0.2) is 59.9 Å². The Morgan fingerprint density at radius 1 is 0.740 bits per heavy atom. The summed E-state index contributed by atoms with van der Waals surface area (Å²) in [6, 6.07) is 44.7. The molecule has 2 amide bonds. The highest BCUT2D eigenvalue weighted by molar-refractivity contribution is 7.96. The van der Waals surface area contributed by atoms with E-state index in [9.17, 15) is 19.2 Å². The molecule has 6 rings (SSSR count). The topological polar surface area (TPSA) is 111 Å². The number of aldehydes is 1. The minimum Gasteiger partial charge on any atom is -0.484 e. The third kappa shape index (κ3) is 6.36. The van der Waals surface area contributed by atoms with Crippen LogP contribution in [0.3, 0.4) is 0 Å². The Hall–Kier alpha value is -5.76. The molecule has 2 atom stereocenters. The van der Waals surface area contributed by atoms with E-state index in [1.165, 1.54) is 7.11 Å². The number of nitrogens with one attached hydrogen (secondary N) is 1. The van der Waals surface area contributed by atoms with Crippen LogP contribution in [0, 0.1) is 0 Å². The van der Waals surface area contributed by atoms with Gasteiger partial charge in [0, 0.05) is 14.0 Å². The number of carbonyl (C=O) groups excluding carboxylic acids is 4. The normalized spacial score (nSPS) is 16.9. The van der Waals surface area contributed by atoms with E-state index in [1.807, 2.05) is 127 Å². The van der Waals surface area contributed by atoms with Gasteiger partial charge in [0.25, 0.3) is 11.8 Å². The molecule has 50 heavy (non-hydrogen) atoms. The zero-order chi connectivity index (χ0) is 35.0.